The molecule has 0 aromatic carbocycles. The minimum atomic E-state index is 0.0482. The van der Waals surface area contributed by atoms with Gasteiger partial charge in [0.25, 0.3) is 0 Å². The standard InChI is InChI=1S/C7H8N2S/c1-5(9)7-3-2-6(4-8)10-7/h2-3,5H,9H2,1H3. The number of hydrogen-bond donors (Lipinski definition) is 1. The number of nitrogens with zero attached hydrogens (tertiary/aromatic N) is 1. The van der Waals surface area contributed by atoms with Gasteiger partial charge in [-0.3, -0.25) is 0 Å². The summed E-state index contributed by atoms with van der Waals surface area (Å²) in [7, 11) is 0. The number of hydrogen-bond acceptors (Lipinski definition) is 3. The summed E-state index contributed by atoms with van der Waals surface area (Å²) in [6.07, 6.45) is 0. The van der Waals surface area contributed by atoms with Gasteiger partial charge in [-0.15, -0.1) is 11.3 Å². The summed E-state index contributed by atoms with van der Waals surface area (Å²) in [6, 6.07) is 5.81. The minimum Gasteiger partial charge on any atom is -0.324 e. The van der Waals surface area contributed by atoms with Gasteiger partial charge in [-0.05, 0) is 19.1 Å². The Labute approximate surface area is 63.9 Å². The lowest BCUT2D eigenvalue weighted by molar-refractivity contribution is 0.838. The van der Waals surface area contributed by atoms with Crippen molar-refractivity contribution in [1.29, 1.82) is 5.26 Å². The lowest BCUT2D eigenvalue weighted by Gasteiger charge is -1.96. The lowest BCUT2D eigenvalue weighted by Crippen LogP contribution is -2.01. The molecule has 1 aromatic rings. The van der Waals surface area contributed by atoms with Gasteiger partial charge in [-0.25, -0.2) is 0 Å². The normalized spacial score (nSPS) is 12.5. The molecule has 0 spiro atoms. The van der Waals surface area contributed by atoms with Crippen molar-refractivity contribution in [3.8, 4) is 6.07 Å². The highest BCUT2D eigenvalue weighted by atomic mass is 32.1. The maximum Gasteiger partial charge on any atom is 0.110 e. The Bertz CT molecular complexity index is 257. The van der Waals surface area contributed by atoms with Crippen molar-refractivity contribution >= 4 is 11.3 Å². The summed E-state index contributed by atoms with van der Waals surface area (Å²) in [5.41, 5.74) is 5.58. The highest BCUT2D eigenvalue weighted by Gasteiger charge is 2.01. The first-order chi connectivity index (χ1) is 4.74. The van der Waals surface area contributed by atoms with Crippen LogP contribution in [0.2, 0.25) is 0 Å². The van der Waals surface area contributed by atoms with Crippen LogP contribution in [-0.2, 0) is 0 Å². The molecule has 3 heteroatoms. The zero-order valence-corrected chi connectivity index (χ0v) is 6.48. The first-order valence-electron chi connectivity index (χ1n) is 2.99. The highest BCUT2D eigenvalue weighted by molar-refractivity contribution is 7.12. The van der Waals surface area contributed by atoms with Crippen LogP contribution in [0, 0.1) is 11.3 Å². The predicted molar refractivity (Wildman–Crippen MR) is 41.6 cm³/mol. The van der Waals surface area contributed by atoms with Crippen LogP contribution >= 0.6 is 11.3 Å². The summed E-state index contributed by atoms with van der Waals surface area (Å²) in [5.74, 6) is 0. The van der Waals surface area contributed by atoms with E-state index in [1.165, 1.54) is 11.3 Å². The molecule has 2 nitrogen and oxygen atoms in total. The molecule has 1 aromatic heterocycles. The van der Waals surface area contributed by atoms with E-state index in [0.29, 0.717) is 0 Å². The van der Waals surface area contributed by atoms with E-state index in [-0.39, 0.29) is 6.04 Å². The van der Waals surface area contributed by atoms with Crippen molar-refractivity contribution in [3.63, 3.8) is 0 Å². The fourth-order valence-corrected chi connectivity index (χ4v) is 1.42. The van der Waals surface area contributed by atoms with Gasteiger partial charge in [0.2, 0.25) is 0 Å². The molecule has 0 amide bonds. The first-order valence-corrected chi connectivity index (χ1v) is 3.81. The fraction of sp³-hybridized carbons (Fsp3) is 0.286. The summed E-state index contributed by atoms with van der Waals surface area (Å²) in [4.78, 5) is 1.80. The highest BCUT2D eigenvalue weighted by Crippen LogP contribution is 2.20. The van der Waals surface area contributed by atoms with Gasteiger partial charge >= 0.3 is 0 Å². The van der Waals surface area contributed by atoms with Gasteiger partial charge in [-0.2, -0.15) is 5.26 Å². The van der Waals surface area contributed by atoms with Crippen LogP contribution in [0.4, 0.5) is 0 Å². The molecule has 1 atom stereocenters. The van der Waals surface area contributed by atoms with Crippen molar-refractivity contribution in [2.24, 2.45) is 5.73 Å². The monoisotopic (exact) mass is 152 g/mol. The van der Waals surface area contributed by atoms with Crippen molar-refractivity contribution < 1.29 is 0 Å². The number of thiophene rings is 1. The molecule has 0 bridgehead atoms. The molecule has 0 saturated carbocycles. The van der Waals surface area contributed by atoms with Gasteiger partial charge in [0.15, 0.2) is 0 Å². The smallest absolute Gasteiger partial charge is 0.110 e. The third-order valence-electron chi connectivity index (χ3n) is 1.19. The van der Waals surface area contributed by atoms with Crippen LogP contribution in [0.5, 0.6) is 0 Å². The average molecular weight is 152 g/mol. The fourth-order valence-electron chi connectivity index (χ4n) is 0.658. The Balaban J connectivity index is 2.91. The Morgan fingerprint density at radius 3 is 2.70 bits per heavy atom. The Morgan fingerprint density at radius 1 is 1.70 bits per heavy atom. The van der Waals surface area contributed by atoms with Gasteiger partial charge in [-0.1, -0.05) is 0 Å². The Hall–Kier alpha value is -0.850. The van der Waals surface area contributed by atoms with Gasteiger partial charge in [0.05, 0.1) is 0 Å². The van der Waals surface area contributed by atoms with E-state index in [2.05, 4.69) is 6.07 Å². The molecule has 1 rings (SSSR count). The second kappa shape index (κ2) is 2.82. The van der Waals surface area contributed by atoms with E-state index in [4.69, 9.17) is 11.0 Å². The average Bonchev–Trinajstić information content (AvgIpc) is 2.34. The molecular weight excluding hydrogens is 144 g/mol. The zero-order valence-electron chi connectivity index (χ0n) is 5.66. The number of nitrogens with two attached hydrogens (primary N) is 1. The van der Waals surface area contributed by atoms with Crippen molar-refractivity contribution in [2.75, 3.05) is 0 Å². The first kappa shape index (κ1) is 7.26. The second-order valence-electron chi connectivity index (χ2n) is 2.10. The Kier molecular flexibility index (Phi) is 2.05. The van der Waals surface area contributed by atoms with Crippen LogP contribution in [0.25, 0.3) is 0 Å². The van der Waals surface area contributed by atoms with Crippen molar-refractivity contribution in [2.45, 2.75) is 13.0 Å². The van der Waals surface area contributed by atoms with Crippen LogP contribution in [-0.4, -0.2) is 0 Å². The predicted octanol–water partition coefficient (Wildman–Crippen LogP) is 1.64. The zero-order chi connectivity index (χ0) is 7.56. The van der Waals surface area contributed by atoms with Gasteiger partial charge in [0.1, 0.15) is 10.9 Å². The maximum absolute atomic E-state index is 8.45. The molecule has 0 aliphatic heterocycles. The van der Waals surface area contributed by atoms with Crippen LogP contribution in [0.15, 0.2) is 12.1 Å². The molecule has 0 saturated heterocycles. The molecule has 1 heterocycles. The molecule has 0 fully saturated rings. The van der Waals surface area contributed by atoms with E-state index in [9.17, 15) is 0 Å². The summed E-state index contributed by atoms with van der Waals surface area (Å²) in [6.45, 7) is 1.91. The van der Waals surface area contributed by atoms with Crippen LogP contribution in [0.3, 0.4) is 0 Å². The summed E-state index contributed by atoms with van der Waals surface area (Å²) >= 11 is 1.45. The summed E-state index contributed by atoms with van der Waals surface area (Å²) < 4.78 is 0. The van der Waals surface area contributed by atoms with E-state index < -0.39 is 0 Å². The van der Waals surface area contributed by atoms with Crippen LogP contribution in [0.1, 0.15) is 22.7 Å². The summed E-state index contributed by atoms with van der Waals surface area (Å²) in [5, 5.41) is 8.45. The number of rotatable bonds is 1. The topological polar surface area (TPSA) is 49.8 Å². The van der Waals surface area contributed by atoms with E-state index in [1.54, 1.807) is 6.07 Å². The molecule has 2 N–H and O–H groups in total. The van der Waals surface area contributed by atoms with Crippen LogP contribution < -0.4 is 5.73 Å². The molecular formula is C7H8N2S. The second-order valence-corrected chi connectivity index (χ2v) is 3.22. The SMILES string of the molecule is CC(N)c1ccc(C#N)s1. The van der Waals surface area contributed by atoms with Gasteiger partial charge < -0.3 is 5.73 Å². The molecule has 10 heavy (non-hydrogen) atoms. The van der Waals surface area contributed by atoms with Gasteiger partial charge in [0, 0.05) is 10.9 Å². The molecule has 52 valence electrons. The minimum absolute atomic E-state index is 0.0482. The van der Waals surface area contributed by atoms with E-state index in [1.807, 2.05) is 13.0 Å². The molecule has 0 radical (unpaired) electrons. The molecule has 0 aliphatic rings. The third kappa shape index (κ3) is 1.35. The maximum atomic E-state index is 8.45. The van der Waals surface area contributed by atoms with E-state index >= 15 is 0 Å². The number of nitriles is 1. The lowest BCUT2D eigenvalue weighted by atomic mass is 10.3. The largest absolute Gasteiger partial charge is 0.324 e. The Morgan fingerprint density at radius 2 is 2.40 bits per heavy atom. The van der Waals surface area contributed by atoms with Crippen molar-refractivity contribution in [1.82, 2.24) is 0 Å². The van der Waals surface area contributed by atoms with Crippen molar-refractivity contribution in [3.05, 3.63) is 21.9 Å². The molecule has 1 unspecified atom stereocenters. The van der Waals surface area contributed by atoms with E-state index in [0.717, 1.165) is 9.75 Å². The molecule has 0 aliphatic carbocycles. The quantitative estimate of drug-likeness (QED) is 0.665. The third-order valence-corrected chi connectivity index (χ3v) is 2.38.